The zero-order chi connectivity index (χ0) is 14.4. The van der Waals surface area contributed by atoms with Gasteiger partial charge in [0, 0.05) is 5.56 Å². The number of rotatable bonds is 1. The predicted molar refractivity (Wildman–Crippen MR) is 74.0 cm³/mol. The smallest absolute Gasteiger partial charge is 0.216 e. The van der Waals surface area contributed by atoms with Crippen LogP contribution in [0.2, 0.25) is 0 Å². The van der Waals surface area contributed by atoms with Gasteiger partial charge in [0.1, 0.15) is 5.60 Å². The van der Waals surface area contributed by atoms with E-state index in [0.29, 0.717) is 0 Å². The molecule has 0 bridgehead atoms. The Morgan fingerprint density at radius 2 is 1.70 bits per heavy atom. The van der Waals surface area contributed by atoms with Crippen LogP contribution in [-0.4, -0.2) is 17.5 Å². The Morgan fingerprint density at radius 1 is 1.10 bits per heavy atom. The van der Waals surface area contributed by atoms with Gasteiger partial charge in [0.05, 0.1) is 12.2 Å². The fraction of sp³-hybridized carbons (Fsp3) is 0.500. The molecule has 2 aliphatic rings. The molecule has 1 spiro atoms. The van der Waals surface area contributed by atoms with Crippen molar-refractivity contribution >= 4 is 0 Å². The maximum atomic E-state index is 9.25. The summed E-state index contributed by atoms with van der Waals surface area (Å²) in [4.78, 5) is 4.69. The Kier molecular flexibility index (Phi) is 3.21. The molecule has 4 atom stereocenters. The van der Waals surface area contributed by atoms with E-state index in [1.54, 1.807) is 6.08 Å². The number of ether oxygens (including phenoxy) is 2. The van der Waals surface area contributed by atoms with Gasteiger partial charge in [-0.1, -0.05) is 24.3 Å². The van der Waals surface area contributed by atoms with Crippen LogP contribution in [0.15, 0.2) is 36.4 Å². The zero-order valence-corrected chi connectivity index (χ0v) is 12.0. The highest BCUT2D eigenvalue weighted by molar-refractivity contribution is 5.44. The van der Waals surface area contributed by atoms with E-state index in [1.165, 1.54) is 0 Å². The summed E-state index contributed by atoms with van der Waals surface area (Å²) in [6.07, 6.45) is 4.72. The summed E-state index contributed by atoms with van der Waals surface area (Å²) < 4.78 is 12.2. The van der Waals surface area contributed by atoms with Gasteiger partial charge >= 0.3 is 0 Å². The SMILES string of the molecule is C[C@@H]1C[C@H](C)OC2(C=CC(C)(OO)c3ccccc32)O1. The Labute approximate surface area is 118 Å². The third-order valence-corrected chi connectivity index (χ3v) is 4.06. The first kappa shape index (κ1) is 13.8. The van der Waals surface area contributed by atoms with Gasteiger partial charge in [-0.05, 0) is 44.9 Å². The molecule has 4 heteroatoms. The Bertz CT molecular complexity index is 529. The molecule has 1 aromatic rings. The highest BCUT2D eigenvalue weighted by atomic mass is 17.1. The molecule has 108 valence electrons. The van der Waals surface area contributed by atoms with Gasteiger partial charge < -0.3 is 9.47 Å². The molecular formula is C16H20O4. The molecule has 0 radical (unpaired) electrons. The van der Waals surface area contributed by atoms with Crippen LogP contribution in [0.3, 0.4) is 0 Å². The predicted octanol–water partition coefficient (Wildman–Crippen LogP) is 3.33. The molecule has 0 aromatic heterocycles. The van der Waals surface area contributed by atoms with E-state index in [0.717, 1.165) is 17.5 Å². The molecule has 3 rings (SSSR count). The van der Waals surface area contributed by atoms with Crippen molar-refractivity contribution in [2.24, 2.45) is 0 Å². The summed E-state index contributed by atoms with van der Waals surface area (Å²) in [5, 5.41) is 9.25. The molecule has 0 amide bonds. The van der Waals surface area contributed by atoms with Gasteiger partial charge in [-0.15, -0.1) is 0 Å². The van der Waals surface area contributed by atoms with E-state index in [1.807, 2.05) is 51.1 Å². The largest absolute Gasteiger partial charge is 0.339 e. The van der Waals surface area contributed by atoms with Gasteiger partial charge in [-0.25, -0.2) is 4.89 Å². The summed E-state index contributed by atoms with van der Waals surface area (Å²) in [5.74, 6) is -0.883. The van der Waals surface area contributed by atoms with Gasteiger partial charge in [-0.3, -0.25) is 5.26 Å². The molecule has 20 heavy (non-hydrogen) atoms. The van der Waals surface area contributed by atoms with Crippen molar-refractivity contribution in [2.75, 3.05) is 0 Å². The van der Waals surface area contributed by atoms with Crippen molar-refractivity contribution in [2.45, 2.75) is 50.8 Å². The lowest BCUT2D eigenvalue weighted by molar-refractivity contribution is -0.320. The van der Waals surface area contributed by atoms with E-state index in [4.69, 9.17) is 14.4 Å². The summed E-state index contributed by atoms with van der Waals surface area (Å²) >= 11 is 0. The molecule has 1 heterocycles. The van der Waals surface area contributed by atoms with Gasteiger partial charge in [0.25, 0.3) is 0 Å². The van der Waals surface area contributed by atoms with E-state index in [2.05, 4.69) is 0 Å². The average Bonchev–Trinajstić information content (AvgIpc) is 2.43. The van der Waals surface area contributed by atoms with E-state index >= 15 is 0 Å². The maximum absolute atomic E-state index is 9.25. The van der Waals surface area contributed by atoms with E-state index in [-0.39, 0.29) is 12.2 Å². The minimum Gasteiger partial charge on any atom is -0.339 e. The van der Waals surface area contributed by atoms with E-state index in [9.17, 15) is 5.26 Å². The summed E-state index contributed by atoms with van der Waals surface area (Å²) in [5.41, 5.74) is 0.863. The minimum absolute atomic E-state index is 0.107. The van der Waals surface area contributed by atoms with Crippen LogP contribution in [0.25, 0.3) is 0 Å². The first-order valence-corrected chi connectivity index (χ1v) is 6.98. The third-order valence-electron chi connectivity index (χ3n) is 4.06. The molecule has 1 aliphatic heterocycles. The van der Waals surface area contributed by atoms with Crippen LogP contribution in [0.5, 0.6) is 0 Å². The number of benzene rings is 1. The molecular weight excluding hydrogens is 256 g/mol. The molecule has 1 fully saturated rings. The van der Waals surface area contributed by atoms with Crippen LogP contribution in [-0.2, 0) is 25.7 Å². The van der Waals surface area contributed by atoms with Crippen molar-refractivity contribution < 1.29 is 19.6 Å². The monoisotopic (exact) mass is 276 g/mol. The van der Waals surface area contributed by atoms with Crippen LogP contribution in [0.4, 0.5) is 0 Å². The number of hydrogen-bond donors (Lipinski definition) is 1. The lowest BCUT2D eigenvalue weighted by atomic mass is 9.81. The molecule has 4 nitrogen and oxygen atoms in total. The van der Waals surface area contributed by atoms with Gasteiger partial charge in [0.15, 0.2) is 0 Å². The zero-order valence-electron chi connectivity index (χ0n) is 12.0. The second kappa shape index (κ2) is 4.67. The number of fused-ring (bicyclic) bond motifs is 2. The molecule has 1 aromatic carbocycles. The Balaban J connectivity index is 2.13. The fourth-order valence-corrected chi connectivity index (χ4v) is 3.14. The molecule has 2 unspecified atom stereocenters. The molecule has 1 aliphatic carbocycles. The van der Waals surface area contributed by atoms with Crippen LogP contribution in [0.1, 0.15) is 38.3 Å². The minimum atomic E-state index is -0.883. The lowest BCUT2D eigenvalue weighted by Gasteiger charge is -2.46. The van der Waals surface area contributed by atoms with Crippen molar-refractivity contribution in [3.05, 3.63) is 47.5 Å². The second-order valence-electron chi connectivity index (χ2n) is 5.84. The highest BCUT2D eigenvalue weighted by Gasteiger charge is 2.47. The van der Waals surface area contributed by atoms with Crippen LogP contribution < -0.4 is 0 Å². The van der Waals surface area contributed by atoms with Crippen molar-refractivity contribution in [3.8, 4) is 0 Å². The van der Waals surface area contributed by atoms with Crippen molar-refractivity contribution in [1.82, 2.24) is 0 Å². The molecule has 0 saturated carbocycles. The lowest BCUT2D eigenvalue weighted by Crippen LogP contribution is -2.47. The summed E-state index contributed by atoms with van der Waals surface area (Å²) in [7, 11) is 0. The average molecular weight is 276 g/mol. The Hall–Kier alpha value is -1.20. The number of hydrogen-bond acceptors (Lipinski definition) is 4. The van der Waals surface area contributed by atoms with Gasteiger partial charge in [0.2, 0.25) is 5.79 Å². The van der Waals surface area contributed by atoms with Crippen molar-refractivity contribution in [3.63, 3.8) is 0 Å². The molecule has 1 N–H and O–H groups in total. The van der Waals surface area contributed by atoms with E-state index < -0.39 is 11.4 Å². The second-order valence-corrected chi connectivity index (χ2v) is 5.84. The maximum Gasteiger partial charge on any atom is 0.216 e. The van der Waals surface area contributed by atoms with Crippen LogP contribution >= 0.6 is 0 Å². The Morgan fingerprint density at radius 3 is 2.30 bits per heavy atom. The normalized spacial score (nSPS) is 39.8. The summed E-state index contributed by atoms with van der Waals surface area (Å²) in [6.45, 7) is 5.91. The summed E-state index contributed by atoms with van der Waals surface area (Å²) in [6, 6.07) is 7.74. The first-order valence-electron chi connectivity index (χ1n) is 6.98. The van der Waals surface area contributed by atoms with Gasteiger partial charge in [-0.2, -0.15) is 0 Å². The molecule has 1 saturated heterocycles. The van der Waals surface area contributed by atoms with Crippen molar-refractivity contribution in [1.29, 1.82) is 0 Å². The standard InChI is InChI=1S/C16H20O4/c1-11-10-12(2)19-16(18-11)9-8-15(3,20-17)13-6-4-5-7-14(13)16/h4-9,11-12,17H,10H2,1-3H3/t11-,12+,15?,16?. The fourth-order valence-electron chi connectivity index (χ4n) is 3.14. The first-order chi connectivity index (χ1) is 9.49. The quantitative estimate of drug-likeness (QED) is 0.485. The third kappa shape index (κ3) is 2.00. The topological polar surface area (TPSA) is 47.9 Å². The van der Waals surface area contributed by atoms with Crippen LogP contribution in [0, 0.1) is 0 Å². The highest BCUT2D eigenvalue weighted by Crippen LogP contribution is 2.46.